The Labute approximate surface area is 118 Å². The van der Waals surface area contributed by atoms with E-state index in [-0.39, 0.29) is 5.91 Å². The van der Waals surface area contributed by atoms with E-state index in [0.717, 1.165) is 18.4 Å². The molecule has 0 aliphatic carbocycles. The molecule has 1 aromatic rings. The van der Waals surface area contributed by atoms with Crippen LogP contribution in [0, 0.1) is 0 Å². The SMILES string of the molecule is CN(Cc1ccc(C(N)=O)cc1)C(=O)CCCCCl. The van der Waals surface area contributed by atoms with Crippen LogP contribution in [0.1, 0.15) is 35.2 Å². The molecule has 4 nitrogen and oxygen atoms in total. The van der Waals surface area contributed by atoms with Crippen molar-refractivity contribution in [3.05, 3.63) is 35.4 Å². The highest BCUT2D eigenvalue weighted by atomic mass is 35.5. The molecule has 2 N–H and O–H groups in total. The Kier molecular flexibility index (Phi) is 6.36. The van der Waals surface area contributed by atoms with E-state index in [2.05, 4.69) is 0 Å². The lowest BCUT2D eigenvalue weighted by molar-refractivity contribution is -0.130. The molecule has 0 radical (unpaired) electrons. The average molecular weight is 283 g/mol. The van der Waals surface area contributed by atoms with E-state index in [1.807, 2.05) is 12.1 Å². The molecule has 0 saturated heterocycles. The number of amides is 2. The topological polar surface area (TPSA) is 63.4 Å². The summed E-state index contributed by atoms with van der Waals surface area (Å²) in [6.07, 6.45) is 2.18. The molecule has 0 fully saturated rings. The van der Waals surface area contributed by atoms with Crippen molar-refractivity contribution >= 4 is 23.4 Å². The van der Waals surface area contributed by atoms with Gasteiger partial charge in [0.2, 0.25) is 11.8 Å². The fraction of sp³-hybridized carbons (Fsp3) is 0.429. The first-order valence-corrected chi connectivity index (χ1v) is 6.76. The maximum atomic E-state index is 11.8. The van der Waals surface area contributed by atoms with Gasteiger partial charge in [-0.05, 0) is 30.5 Å². The molecule has 0 aromatic heterocycles. The lowest BCUT2D eigenvalue weighted by atomic mass is 10.1. The number of carbonyl (C=O) groups is 2. The first-order valence-electron chi connectivity index (χ1n) is 6.23. The molecular weight excluding hydrogens is 264 g/mol. The van der Waals surface area contributed by atoms with E-state index in [4.69, 9.17) is 17.3 Å². The summed E-state index contributed by atoms with van der Waals surface area (Å²) in [5.41, 5.74) is 6.61. The molecule has 19 heavy (non-hydrogen) atoms. The molecule has 5 heteroatoms. The largest absolute Gasteiger partial charge is 0.366 e. The Hall–Kier alpha value is -1.55. The summed E-state index contributed by atoms with van der Waals surface area (Å²) in [4.78, 5) is 24.4. The number of primary amides is 1. The van der Waals surface area contributed by atoms with Gasteiger partial charge in [0, 0.05) is 31.5 Å². The van der Waals surface area contributed by atoms with Crippen LogP contribution < -0.4 is 5.73 Å². The van der Waals surface area contributed by atoms with Crippen LogP contribution in [0.2, 0.25) is 0 Å². The molecule has 2 amide bonds. The number of benzene rings is 1. The minimum atomic E-state index is -0.447. The quantitative estimate of drug-likeness (QED) is 0.615. The van der Waals surface area contributed by atoms with E-state index in [9.17, 15) is 9.59 Å². The van der Waals surface area contributed by atoms with Gasteiger partial charge in [0.25, 0.3) is 0 Å². The van der Waals surface area contributed by atoms with Gasteiger partial charge in [0.1, 0.15) is 0 Å². The van der Waals surface area contributed by atoms with Crippen LogP contribution in [0.4, 0.5) is 0 Å². The van der Waals surface area contributed by atoms with Gasteiger partial charge in [-0.3, -0.25) is 9.59 Å². The van der Waals surface area contributed by atoms with Crippen LogP contribution in [0.25, 0.3) is 0 Å². The lowest BCUT2D eigenvalue weighted by Crippen LogP contribution is -2.25. The monoisotopic (exact) mass is 282 g/mol. The number of hydrogen-bond donors (Lipinski definition) is 1. The van der Waals surface area contributed by atoms with Crippen molar-refractivity contribution in [1.29, 1.82) is 0 Å². The van der Waals surface area contributed by atoms with E-state index in [1.54, 1.807) is 24.1 Å². The number of nitrogens with zero attached hydrogens (tertiary/aromatic N) is 1. The molecule has 104 valence electrons. The highest BCUT2D eigenvalue weighted by Gasteiger charge is 2.09. The van der Waals surface area contributed by atoms with Crippen LogP contribution in [0.15, 0.2) is 24.3 Å². The summed E-state index contributed by atoms with van der Waals surface area (Å²) >= 11 is 5.57. The molecule has 0 unspecified atom stereocenters. The first-order chi connectivity index (χ1) is 9.04. The Bertz CT molecular complexity index is 432. The molecule has 0 saturated carbocycles. The number of nitrogens with two attached hydrogens (primary N) is 1. The predicted molar refractivity (Wildman–Crippen MR) is 76.0 cm³/mol. The van der Waals surface area contributed by atoms with Crippen LogP contribution in [0.5, 0.6) is 0 Å². The summed E-state index contributed by atoms with van der Waals surface area (Å²) in [6, 6.07) is 6.96. The fourth-order valence-corrected chi connectivity index (χ4v) is 1.89. The van der Waals surface area contributed by atoms with E-state index in [0.29, 0.717) is 24.4 Å². The van der Waals surface area contributed by atoms with Crippen molar-refractivity contribution in [3.8, 4) is 0 Å². The summed E-state index contributed by atoms with van der Waals surface area (Å²) in [5, 5.41) is 0. The van der Waals surface area contributed by atoms with Crippen LogP contribution in [-0.2, 0) is 11.3 Å². The molecule has 1 rings (SSSR count). The van der Waals surface area contributed by atoms with Crippen molar-refractivity contribution in [1.82, 2.24) is 4.90 Å². The first kappa shape index (κ1) is 15.5. The number of rotatable bonds is 7. The van der Waals surface area contributed by atoms with Gasteiger partial charge >= 0.3 is 0 Å². The predicted octanol–water partition coefficient (Wildman–Crippen LogP) is 2.15. The minimum Gasteiger partial charge on any atom is -0.366 e. The molecule has 0 heterocycles. The molecule has 0 atom stereocenters. The average Bonchev–Trinajstić information content (AvgIpc) is 2.39. The molecular formula is C14H19ClN2O2. The minimum absolute atomic E-state index is 0.101. The van der Waals surface area contributed by atoms with Crippen molar-refractivity contribution in [2.75, 3.05) is 12.9 Å². The molecule has 1 aromatic carbocycles. The van der Waals surface area contributed by atoms with Gasteiger partial charge in [-0.2, -0.15) is 0 Å². The second-order valence-electron chi connectivity index (χ2n) is 4.46. The third-order valence-electron chi connectivity index (χ3n) is 2.86. The summed E-state index contributed by atoms with van der Waals surface area (Å²) in [7, 11) is 1.77. The normalized spacial score (nSPS) is 10.2. The number of hydrogen-bond acceptors (Lipinski definition) is 2. The Morgan fingerprint density at radius 3 is 2.37 bits per heavy atom. The third-order valence-corrected chi connectivity index (χ3v) is 3.13. The Morgan fingerprint density at radius 2 is 1.84 bits per heavy atom. The van der Waals surface area contributed by atoms with Crippen LogP contribution >= 0.6 is 11.6 Å². The number of unbranched alkanes of at least 4 members (excludes halogenated alkanes) is 1. The van der Waals surface area contributed by atoms with Crippen molar-refractivity contribution in [2.24, 2.45) is 5.73 Å². The number of alkyl halides is 1. The van der Waals surface area contributed by atoms with Gasteiger partial charge in [-0.25, -0.2) is 0 Å². The van der Waals surface area contributed by atoms with Gasteiger partial charge in [-0.1, -0.05) is 12.1 Å². The molecule has 0 spiro atoms. The summed E-state index contributed by atoms with van der Waals surface area (Å²) in [6.45, 7) is 0.527. The number of halogens is 1. The second-order valence-corrected chi connectivity index (χ2v) is 4.84. The van der Waals surface area contributed by atoms with Crippen molar-refractivity contribution in [2.45, 2.75) is 25.8 Å². The zero-order valence-corrected chi connectivity index (χ0v) is 11.8. The zero-order valence-electron chi connectivity index (χ0n) is 11.1. The highest BCUT2D eigenvalue weighted by Crippen LogP contribution is 2.08. The van der Waals surface area contributed by atoms with Crippen molar-refractivity contribution in [3.63, 3.8) is 0 Å². The molecule has 0 aliphatic heterocycles. The fourth-order valence-electron chi connectivity index (χ4n) is 1.70. The highest BCUT2D eigenvalue weighted by molar-refractivity contribution is 6.17. The zero-order chi connectivity index (χ0) is 14.3. The lowest BCUT2D eigenvalue weighted by Gasteiger charge is -2.17. The maximum absolute atomic E-state index is 11.8. The molecule has 0 aliphatic rings. The second kappa shape index (κ2) is 7.79. The smallest absolute Gasteiger partial charge is 0.248 e. The van der Waals surface area contributed by atoms with E-state index < -0.39 is 5.91 Å². The van der Waals surface area contributed by atoms with Crippen LogP contribution in [-0.4, -0.2) is 29.6 Å². The maximum Gasteiger partial charge on any atom is 0.248 e. The van der Waals surface area contributed by atoms with Gasteiger partial charge < -0.3 is 10.6 Å². The summed E-state index contributed by atoms with van der Waals surface area (Å²) < 4.78 is 0. The van der Waals surface area contributed by atoms with Gasteiger partial charge in [0.15, 0.2) is 0 Å². The van der Waals surface area contributed by atoms with Gasteiger partial charge in [0.05, 0.1) is 0 Å². The van der Waals surface area contributed by atoms with Crippen LogP contribution in [0.3, 0.4) is 0 Å². The Morgan fingerprint density at radius 1 is 1.21 bits per heavy atom. The van der Waals surface area contributed by atoms with Gasteiger partial charge in [-0.15, -0.1) is 11.6 Å². The van der Waals surface area contributed by atoms with Crippen molar-refractivity contribution < 1.29 is 9.59 Å². The third kappa shape index (κ3) is 5.30. The van der Waals surface area contributed by atoms with E-state index in [1.165, 1.54) is 0 Å². The standard InChI is InChI=1S/C14H19ClN2O2/c1-17(13(18)4-2-3-9-15)10-11-5-7-12(8-6-11)14(16)19/h5-8H,2-4,9-10H2,1H3,(H2,16,19). The molecule has 0 bridgehead atoms. The van der Waals surface area contributed by atoms with E-state index >= 15 is 0 Å². The summed E-state index contributed by atoms with van der Waals surface area (Å²) in [5.74, 6) is 0.243. The Balaban J connectivity index is 2.49. The number of carbonyl (C=O) groups excluding carboxylic acids is 2.